The van der Waals surface area contributed by atoms with Crippen molar-refractivity contribution >= 4 is 28.2 Å². The van der Waals surface area contributed by atoms with Crippen LogP contribution in [0.2, 0.25) is 0 Å². The summed E-state index contributed by atoms with van der Waals surface area (Å²) in [6.45, 7) is 0.839. The zero-order valence-corrected chi connectivity index (χ0v) is 12.5. The Morgan fingerprint density at radius 3 is 2.75 bits per heavy atom. The van der Waals surface area contributed by atoms with Crippen LogP contribution in [0.15, 0.2) is 28.6 Å². The number of aromatic nitrogens is 2. The number of thioether (sulfide) groups is 1. The molecule has 0 radical (unpaired) electrons. The summed E-state index contributed by atoms with van der Waals surface area (Å²) in [4.78, 5) is 0. The van der Waals surface area contributed by atoms with Crippen LogP contribution >= 0.6 is 23.1 Å². The van der Waals surface area contributed by atoms with E-state index in [2.05, 4.69) is 15.5 Å². The number of benzene rings is 1. The third-order valence-corrected chi connectivity index (χ3v) is 4.64. The average molecular weight is 313 g/mol. The van der Waals surface area contributed by atoms with Gasteiger partial charge in [0.15, 0.2) is 4.34 Å². The van der Waals surface area contributed by atoms with E-state index in [0.29, 0.717) is 6.54 Å². The minimum Gasteiger partial charge on any atom is -0.396 e. The molecular weight excluding hydrogens is 297 g/mol. The Kier molecular flexibility index (Phi) is 6.23. The molecule has 2 rings (SSSR count). The van der Waals surface area contributed by atoms with E-state index in [-0.39, 0.29) is 12.4 Å². The van der Waals surface area contributed by atoms with Crippen LogP contribution in [0.25, 0.3) is 0 Å². The number of anilines is 1. The summed E-state index contributed by atoms with van der Waals surface area (Å²) in [6.07, 6.45) is 1.79. The van der Waals surface area contributed by atoms with E-state index in [1.165, 1.54) is 23.5 Å². The molecule has 108 valence electrons. The summed E-state index contributed by atoms with van der Waals surface area (Å²) in [5.74, 6) is 0.707. The van der Waals surface area contributed by atoms with Gasteiger partial charge in [-0.15, -0.1) is 10.2 Å². The minimum absolute atomic E-state index is 0.230. The highest BCUT2D eigenvalue weighted by Gasteiger charge is 2.04. The molecule has 20 heavy (non-hydrogen) atoms. The van der Waals surface area contributed by atoms with E-state index in [4.69, 9.17) is 5.11 Å². The van der Waals surface area contributed by atoms with Crippen molar-refractivity contribution in [2.75, 3.05) is 17.7 Å². The van der Waals surface area contributed by atoms with Gasteiger partial charge < -0.3 is 10.4 Å². The molecule has 0 aliphatic heterocycles. The second-order valence-corrected chi connectivity index (χ2v) is 6.45. The Morgan fingerprint density at radius 2 is 2.00 bits per heavy atom. The number of nitrogens with one attached hydrogen (secondary N) is 1. The molecule has 4 nitrogen and oxygen atoms in total. The molecular formula is C13H16FN3OS2. The summed E-state index contributed by atoms with van der Waals surface area (Å²) in [5.41, 5.74) is 0.999. The lowest BCUT2D eigenvalue weighted by atomic mass is 10.2. The van der Waals surface area contributed by atoms with Gasteiger partial charge in [0, 0.05) is 18.9 Å². The molecule has 0 bridgehead atoms. The SMILES string of the molecule is OCCCCSc1nnc(NCc2ccc(F)cc2)s1. The van der Waals surface area contributed by atoms with Crippen LogP contribution in [0.1, 0.15) is 18.4 Å². The van der Waals surface area contributed by atoms with Crippen LogP contribution in [-0.4, -0.2) is 27.7 Å². The molecule has 2 N–H and O–H groups in total. The van der Waals surface area contributed by atoms with Crippen molar-refractivity contribution in [1.29, 1.82) is 0 Å². The summed E-state index contributed by atoms with van der Waals surface area (Å²) in [5, 5.41) is 20.8. The van der Waals surface area contributed by atoms with E-state index in [9.17, 15) is 4.39 Å². The average Bonchev–Trinajstić information content (AvgIpc) is 2.91. The quantitative estimate of drug-likeness (QED) is 0.579. The Labute approximate surface area is 125 Å². The number of aliphatic hydroxyl groups excluding tert-OH is 1. The lowest BCUT2D eigenvalue weighted by Gasteiger charge is -2.01. The Balaban J connectivity index is 1.76. The van der Waals surface area contributed by atoms with Crippen molar-refractivity contribution in [1.82, 2.24) is 10.2 Å². The standard InChI is InChI=1S/C13H16FN3OS2/c14-11-5-3-10(4-6-11)9-15-12-16-17-13(20-12)19-8-2-1-7-18/h3-6,18H,1-2,7-9H2,(H,15,16). The number of rotatable bonds is 8. The fourth-order valence-electron chi connectivity index (χ4n) is 1.49. The number of aliphatic hydroxyl groups is 1. The van der Waals surface area contributed by atoms with Gasteiger partial charge in [0.25, 0.3) is 0 Å². The first-order chi connectivity index (χ1) is 9.78. The molecule has 0 saturated heterocycles. The van der Waals surface area contributed by atoms with Gasteiger partial charge in [-0.2, -0.15) is 0 Å². The van der Waals surface area contributed by atoms with E-state index in [1.54, 1.807) is 23.9 Å². The Morgan fingerprint density at radius 1 is 1.20 bits per heavy atom. The third-order valence-electron chi connectivity index (χ3n) is 2.54. The lowest BCUT2D eigenvalue weighted by molar-refractivity contribution is 0.287. The summed E-state index contributed by atoms with van der Waals surface area (Å²) < 4.78 is 13.7. The van der Waals surface area contributed by atoms with Crippen molar-refractivity contribution in [2.24, 2.45) is 0 Å². The topological polar surface area (TPSA) is 58.0 Å². The Hall–Kier alpha value is -1.18. The monoisotopic (exact) mass is 313 g/mol. The number of hydrogen-bond donors (Lipinski definition) is 2. The summed E-state index contributed by atoms with van der Waals surface area (Å²) >= 11 is 3.16. The molecule has 0 atom stereocenters. The number of unbranched alkanes of at least 4 members (excludes halogenated alkanes) is 1. The minimum atomic E-state index is -0.230. The smallest absolute Gasteiger partial charge is 0.206 e. The second-order valence-electron chi connectivity index (χ2n) is 4.13. The highest BCUT2D eigenvalue weighted by Crippen LogP contribution is 2.26. The zero-order valence-electron chi connectivity index (χ0n) is 10.9. The van der Waals surface area contributed by atoms with Crippen molar-refractivity contribution in [2.45, 2.75) is 23.7 Å². The summed E-state index contributed by atoms with van der Waals surface area (Å²) in [7, 11) is 0. The van der Waals surface area contributed by atoms with Crippen LogP contribution in [0, 0.1) is 5.82 Å². The first-order valence-electron chi connectivity index (χ1n) is 6.33. The molecule has 0 spiro atoms. The number of hydrogen-bond acceptors (Lipinski definition) is 6. The maximum atomic E-state index is 12.8. The molecule has 0 aliphatic carbocycles. The van der Waals surface area contributed by atoms with Crippen molar-refractivity contribution < 1.29 is 9.50 Å². The van der Waals surface area contributed by atoms with E-state index < -0.39 is 0 Å². The van der Waals surface area contributed by atoms with Crippen LogP contribution in [0.5, 0.6) is 0 Å². The molecule has 1 heterocycles. The van der Waals surface area contributed by atoms with Gasteiger partial charge >= 0.3 is 0 Å². The van der Waals surface area contributed by atoms with Crippen LogP contribution in [0.4, 0.5) is 9.52 Å². The normalized spacial score (nSPS) is 10.7. The van der Waals surface area contributed by atoms with E-state index >= 15 is 0 Å². The molecule has 0 aliphatic rings. The largest absolute Gasteiger partial charge is 0.396 e. The van der Waals surface area contributed by atoms with Crippen molar-refractivity contribution in [3.8, 4) is 0 Å². The van der Waals surface area contributed by atoms with Gasteiger partial charge in [-0.3, -0.25) is 0 Å². The van der Waals surface area contributed by atoms with Crippen LogP contribution in [-0.2, 0) is 6.54 Å². The van der Waals surface area contributed by atoms with Gasteiger partial charge in [-0.05, 0) is 30.5 Å². The molecule has 0 amide bonds. The predicted molar refractivity (Wildman–Crippen MR) is 80.7 cm³/mol. The Bertz CT molecular complexity index is 519. The van der Waals surface area contributed by atoms with Crippen molar-refractivity contribution in [3.05, 3.63) is 35.6 Å². The molecule has 2 aromatic rings. The number of halogens is 1. The van der Waals surface area contributed by atoms with E-state index in [0.717, 1.165) is 33.6 Å². The predicted octanol–water partition coefficient (Wildman–Crippen LogP) is 3.15. The first-order valence-corrected chi connectivity index (χ1v) is 8.13. The lowest BCUT2D eigenvalue weighted by Crippen LogP contribution is -1.98. The fraction of sp³-hybridized carbons (Fsp3) is 0.385. The number of nitrogens with zero attached hydrogens (tertiary/aromatic N) is 2. The van der Waals surface area contributed by atoms with Gasteiger partial charge in [-0.25, -0.2) is 4.39 Å². The maximum absolute atomic E-state index is 12.8. The molecule has 0 fully saturated rings. The molecule has 1 aromatic heterocycles. The fourth-order valence-corrected chi connectivity index (χ4v) is 3.31. The van der Waals surface area contributed by atoms with Crippen LogP contribution in [0.3, 0.4) is 0 Å². The molecule has 1 aromatic carbocycles. The van der Waals surface area contributed by atoms with Gasteiger partial charge in [0.2, 0.25) is 5.13 Å². The molecule has 7 heteroatoms. The highest BCUT2D eigenvalue weighted by atomic mass is 32.2. The van der Waals surface area contributed by atoms with E-state index in [1.807, 2.05) is 0 Å². The highest BCUT2D eigenvalue weighted by molar-refractivity contribution is 8.01. The molecule has 0 saturated carbocycles. The zero-order chi connectivity index (χ0) is 14.2. The third kappa shape index (κ3) is 5.07. The van der Waals surface area contributed by atoms with Gasteiger partial charge in [0.1, 0.15) is 5.82 Å². The second kappa shape index (κ2) is 8.18. The van der Waals surface area contributed by atoms with Gasteiger partial charge in [-0.1, -0.05) is 35.2 Å². The van der Waals surface area contributed by atoms with Gasteiger partial charge in [0.05, 0.1) is 0 Å². The van der Waals surface area contributed by atoms with Crippen molar-refractivity contribution in [3.63, 3.8) is 0 Å². The maximum Gasteiger partial charge on any atom is 0.206 e. The van der Waals surface area contributed by atoms with Crippen LogP contribution < -0.4 is 5.32 Å². The molecule has 0 unspecified atom stereocenters. The first kappa shape index (κ1) is 15.2. The summed E-state index contributed by atoms with van der Waals surface area (Å²) in [6, 6.07) is 6.38.